The number of quaternary nitrogens is 1. The van der Waals surface area contributed by atoms with Crippen LogP contribution >= 0.6 is 0 Å². The van der Waals surface area contributed by atoms with Crippen molar-refractivity contribution in [3.63, 3.8) is 0 Å². The molecule has 3 aliphatic rings. The third kappa shape index (κ3) is 0.679. The van der Waals surface area contributed by atoms with Gasteiger partial charge in [-0.3, -0.25) is 0 Å². The molecule has 68 valence electrons. The first-order valence-electron chi connectivity index (χ1n) is 4.75. The van der Waals surface area contributed by atoms with Crippen molar-refractivity contribution in [1.29, 1.82) is 0 Å². The minimum Gasteiger partial charge on any atom is -0.852 e. The Labute approximate surface area is 72.5 Å². The van der Waals surface area contributed by atoms with Crippen molar-refractivity contribution in [1.82, 2.24) is 0 Å². The molecule has 0 aromatic rings. The first-order chi connectivity index (χ1) is 5.60. The second-order valence-electron chi connectivity index (χ2n) is 4.92. The molecular formula is C9H15NO2. The van der Waals surface area contributed by atoms with E-state index in [0.29, 0.717) is 24.3 Å². The minimum atomic E-state index is -0.317. The zero-order valence-corrected chi connectivity index (χ0v) is 7.56. The van der Waals surface area contributed by atoms with Crippen LogP contribution in [-0.4, -0.2) is 49.0 Å². The van der Waals surface area contributed by atoms with E-state index in [9.17, 15) is 5.11 Å². The van der Waals surface area contributed by atoms with Crippen LogP contribution < -0.4 is 5.11 Å². The molecule has 3 heterocycles. The van der Waals surface area contributed by atoms with Crippen LogP contribution in [-0.2, 0) is 4.74 Å². The molecule has 3 saturated heterocycles. The number of morpholine rings is 1. The predicted molar refractivity (Wildman–Crippen MR) is 41.4 cm³/mol. The van der Waals surface area contributed by atoms with Gasteiger partial charge < -0.3 is 14.3 Å². The van der Waals surface area contributed by atoms with Crippen LogP contribution in [0.5, 0.6) is 0 Å². The van der Waals surface area contributed by atoms with Crippen molar-refractivity contribution in [2.45, 2.75) is 43.2 Å². The van der Waals surface area contributed by atoms with Crippen molar-refractivity contribution < 1.29 is 14.3 Å². The summed E-state index contributed by atoms with van der Waals surface area (Å²) < 4.78 is 6.59. The van der Waals surface area contributed by atoms with Crippen molar-refractivity contribution in [3.8, 4) is 0 Å². The highest BCUT2D eigenvalue weighted by atomic mass is 16.6. The lowest BCUT2D eigenvalue weighted by Crippen LogP contribution is -2.61. The summed E-state index contributed by atoms with van der Waals surface area (Å²) >= 11 is 0. The van der Waals surface area contributed by atoms with Gasteiger partial charge in [-0.25, -0.2) is 0 Å². The summed E-state index contributed by atoms with van der Waals surface area (Å²) in [5.41, 5.74) is 0. The lowest BCUT2D eigenvalue weighted by atomic mass is 9.97. The molecule has 0 spiro atoms. The number of nitrogens with zero attached hydrogens (tertiary/aromatic N) is 1. The molecule has 0 saturated carbocycles. The quantitative estimate of drug-likeness (QED) is 0.348. The summed E-state index contributed by atoms with van der Waals surface area (Å²) in [5.74, 6) is 0. The fraction of sp³-hybridized carbons (Fsp3) is 1.00. The van der Waals surface area contributed by atoms with Crippen molar-refractivity contribution in [2.75, 3.05) is 14.1 Å². The molecule has 0 radical (unpaired) electrons. The summed E-state index contributed by atoms with van der Waals surface area (Å²) in [6.45, 7) is 0. The Kier molecular flexibility index (Phi) is 1.13. The largest absolute Gasteiger partial charge is 0.852 e. The Balaban J connectivity index is 1.96. The van der Waals surface area contributed by atoms with Crippen LogP contribution in [0.4, 0.5) is 0 Å². The van der Waals surface area contributed by atoms with Gasteiger partial charge in [-0.15, -0.1) is 6.10 Å². The molecule has 0 aromatic heterocycles. The second kappa shape index (κ2) is 1.86. The zero-order chi connectivity index (χ0) is 8.51. The van der Waals surface area contributed by atoms with E-state index in [1.165, 1.54) is 0 Å². The summed E-state index contributed by atoms with van der Waals surface area (Å²) in [7, 11) is 4.49. The fourth-order valence-electron chi connectivity index (χ4n) is 3.21. The SMILES string of the molecule is C[N+]1(C)C2CC([O-])CC1C1OC12. The molecule has 0 aliphatic carbocycles. The lowest BCUT2D eigenvalue weighted by molar-refractivity contribution is -0.941. The molecular weight excluding hydrogens is 154 g/mol. The summed E-state index contributed by atoms with van der Waals surface area (Å²) in [5, 5.41) is 11.4. The van der Waals surface area contributed by atoms with Gasteiger partial charge in [0, 0.05) is 0 Å². The Morgan fingerprint density at radius 2 is 1.67 bits per heavy atom. The number of hydrogen-bond donors (Lipinski definition) is 0. The standard InChI is InChI=1S/C9H15NO2/c1-10(2)6-3-5(11)4-7(10)9-8(6)12-9/h5-9H,3-4H2,1-2H3. The van der Waals surface area contributed by atoms with E-state index in [2.05, 4.69) is 14.1 Å². The van der Waals surface area contributed by atoms with Crippen LogP contribution in [0.1, 0.15) is 12.8 Å². The van der Waals surface area contributed by atoms with E-state index < -0.39 is 0 Å². The highest BCUT2D eigenvalue weighted by Gasteiger charge is 2.69. The third-order valence-electron chi connectivity index (χ3n) is 4.04. The Hall–Kier alpha value is -0.120. The number of fused-ring (bicyclic) bond motifs is 5. The lowest BCUT2D eigenvalue weighted by Gasteiger charge is -2.47. The molecule has 3 fully saturated rings. The number of piperidine rings is 1. The van der Waals surface area contributed by atoms with Crippen LogP contribution in [0.3, 0.4) is 0 Å². The molecule has 3 rings (SSSR count). The van der Waals surface area contributed by atoms with Crippen molar-refractivity contribution >= 4 is 0 Å². The first kappa shape index (κ1) is 7.30. The van der Waals surface area contributed by atoms with E-state index in [0.717, 1.165) is 17.3 Å². The Morgan fingerprint density at radius 3 is 2.17 bits per heavy atom. The van der Waals surface area contributed by atoms with Crippen LogP contribution in [0.2, 0.25) is 0 Å². The van der Waals surface area contributed by atoms with Gasteiger partial charge in [0.05, 0.1) is 14.1 Å². The molecule has 0 amide bonds. The van der Waals surface area contributed by atoms with E-state index in [4.69, 9.17) is 4.74 Å². The highest BCUT2D eigenvalue weighted by molar-refractivity contribution is 5.07. The average Bonchev–Trinajstić information content (AvgIpc) is 2.66. The number of epoxide rings is 1. The number of likely N-dealkylation sites (N-methyl/N-ethyl adjacent to an activating group) is 1. The number of ether oxygens (including phenoxy) is 1. The van der Waals surface area contributed by atoms with E-state index in [-0.39, 0.29) is 6.10 Å². The van der Waals surface area contributed by atoms with Gasteiger partial charge in [-0.2, -0.15) is 0 Å². The molecule has 2 bridgehead atoms. The number of hydrogen-bond acceptors (Lipinski definition) is 2. The third-order valence-corrected chi connectivity index (χ3v) is 4.04. The van der Waals surface area contributed by atoms with Crippen LogP contribution in [0.15, 0.2) is 0 Å². The van der Waals surface area contributed by atoms with E-state index in [1.54, 1.807) is 0 Å². The van der Waals surface area contributed by atoms with Gasteiger partial charge in [0.25, 0.3) is 0 Å². The summed E-state index contributed by atoms with van der Waals surface area (Å²) in [6.07, 6.45) is 2.20. The number of rotatable bonds is 0. The Bertz CT molecular complexity index is 209. The minimum absolute atomic E-state index is 0.317. The van der Waals surface area contributed by atoms with Gasteiger partial charge in [0.1, 0.15) is 24.3 Å². The molecule has 0 N–H and O–H groups in total. The average molecular weight is 169 g/mol. The van der Waals surface area contributed by atoms with Crippen LogP contribution in [0.25, 0.3) is 0 Å². The molecule has 3 heteroatoms. The predicted octanol–water partition coefficient (Wildman–Crippen LogP) is -0.896. The van der Waals surface area contributed by atoms with Crippen LogP contribution in [0, 0.1) is 0 Å². The monoisotopic (exact) mass is 169 g/mol. The molecule has 3 aliphatic heterocycles. The fourth-order valence-corrected chi connectivity index (χ4v) is 3.21. The normalized spacial score (nSPS) is 59.8. The maximum absolute atomic E-state index is 11.4. The van der Waals surface area contributed by atoms with Gasteiger partial charge in [0.2, 0.25) is 0 Å². The molecule has 4 atom stereocenters. The Morgan fingerprint density at radius 1 is 1.17 bits per heavy atom. The van der Waals surface area contributed by atoms with Crippen molar-refractivity contribution in [2.24, 2.45) is 0 Å². The zero-order valence-electron chi connectivity index (χ0n) is 7.56. The molecule has 4 unspecified atom stereocenters. The van der Waals surface area contributed by atoms with Gasteiger partial charge in [-0.1, -0.05) is 0 Å². The maximum atomic E-state index is 11.4. The summed E-state index contributed by atoms with van der Waals surface area (Å²) in [4.78, 5) is 0. The topological polar surface area (TPSA) is 35.6 Å². The second-order valence-corrected chi connectivity index (χ2v) is 4.92. The molecule has 12 heavy (non-hydrogen) atoms. The van der Waals surface area contributed by atoms with Gasteiger partial charge >= 0.3 is 0 Å². The van der Waals surface area contributed by atoms with Gasteiger partial charge in [0.15, 0.2) is 0 Å². The first-order valence-corrected chi connectivity index (χ1v) is 4.75. The van der Waals surface area contributed by atoms with E-state index >= 15 is 0 Å². The summed E-state index contributed by atoms with van der Waals surface area (Å²) in [6, 6.07) is 0.993. The van der Waals surface area contributed by atoms with Gasteiger partial charge in [-0.05, 0) is 12.8 Å². The molecule has 3 nitrogen and oxygen atoms in total. The smallest absolute Gasteiger partial charge is 0.142 e. The maximum Gasteiger partial charge on any atom is 0.142 e. The highest BCUT2D eigenvalue weighted by Crippen LogP contribution is 2.50. The van der Waals surface area contributed by atoms with Crippen molar-refractivity contribution in [3.05, 3.63) is 0 Å². The molecule has 0 aromatic carbocycles. The van der Waals surface area contributed by atoms with E-state index in [1.807, 2.05) is 0 Å².